The Labute approximate surface area is 687 Å². The Morgan fingerprint density at radius 3 is 1.73 bits per heavy atom. The average molecular weight is 1690 g/mol. The van der Waals surface area contributed by atoms with E-state index in [1.807, 2.05) is 0 Å². The van der Waals surface area contributed by atoms with E-state index in [1.165, 1.54) is 24.3 Å². The Bertz CT molecular complexity index is 4240. The van der Waals surface area contributed by atoms with Crippen molar-refractivity contribution in [2.24, 2.45) is 23.3 Å². The van der Waals surface area contributed by atoms with Gasteiger partial charge in [-0.25, -0.2) is 9.78 Å². The first-order chi connectivity index (χ1) is 55.5. The van der Waals surface area contributed by atoms with Gasteiger partial charge in [0.2, 0.25) is 82.7 Å². The Hall–Kier alpha value is -11.0. The van der Waals surface area contributed by atoms with Gasteiger partial charge in [-0.15, -0.1) is 0 Å². The molecule has 1 saturated heterocycles. The predicted octanol–water partition coefficient (Wildman–Crippen LogP) is -2.88. The van der Waals surface area contributed by atoms with Gasteiger partial charge in [0.05, 0.1) is 19.4 Å². The molecule has 5 heterocycles. The third-order valence-electron chi connectivity index (χ3n) is 19.1. The average Bonchev–Trinajstić information content (AvgIpc) is 1.69. The first-order valence-electron chi connectivity index (χ1n) is 38.3. The molecule has 39 nitrogen and oxygen atoms in total. The van der Waals surface area contributed by atoms with E-state index in [-0.39, 0.29) is 122 Å². The molecule has 1 unspecified atom stereocenters. The van der Waals surface area contributed by atoms with Gasteiger partial charge in [-0.05, 0) is 92.0 Å². The molecule has 7 rings (SSSR count). The summed E-state index contributed by atoms with van der Waals surface area (Å²) in [6, 6.07) is -7.90. The van der Waals surface area contributed by atoms with E-state index < -0.39 is 199 Å². The number of fused-ring (bicyclic) bond motifs is 7. The minimum atomic E-state index is -1.99. The molecule has 2 aromatic carbocycles. The second-order valence-electron chi connectivity index (χ2n) is 29.7. The molecule has 3 aliphatic heterocycles. The van der Waals surface area contributed by atoms with Crippen LogP contribution in [0, 0.1) is 17.2 Å². The number of H-pyrrole nitrogens is 2. The zero-order valence-corrected chi connectivity index (χ0v) is 68.2. The van der Waals surface area contributed by atoms with Gasteiger partial charge < -0.3 is 111 Å². The number of carboxylic acid groups (broad SMARTS) is 2. The molecular weight excluding hydrogens is 1580 g/mol. The zero-order chi connectivity index (χ0) is 85.7. The van der Waals surface area contributed by atoms with Crippen LogP contribution in [0.25, 0.3) is 10.9 Å². The molecule has 0 saturated carbocycles. The Balaban J connectivity index is 1.34. The van der Waals surface area contributed by atoms with Crippen molar-refractivity contribution < 1.29 is 92.0 Å². The Kier molecular flexibility index (Phi) is 36.2. The summed E-state index contributed by atoms with van der Waals surface area (Å²) in [5, 5.41) is 73.5. The molecule has 1 fully saturated rings. The number of imidazole rings is 1. The van der Waals surface area contributed by atoms with Crippen LogP contribution < -0.4 is 80.6 Å². The van der Waals surface area contributed by atoms with Gasteiger partial charge in [0.15, 0.2) is 5.96 Å². The third-order valence-corrected chi connectivity index (χ3v) is 22.4. The van der Waals surface area contributed by atoms with Crippen LogP contribution in [-0.2, 0) is 107 Å². The van der Waals surface area contributed by atoms with Gasteiger partial charge in [-0.2, -0.15) is 35.3 Å². The lowest BCUT2D eigenvalue weighted by molar-refractivity contribution is -0.150. The van der Waals surface area contributed by atoms with E-state index in [0.717, 1.165) is 42.2 Å². The number of hydrogen-bond donors (Lipinski definition) is 21. The van der Waals surface area contributed by atoms with Crippen molar-refractivity contribution in [3.05, 3.63) is 89.1 Å². The number of thioether (sulfide) groups is 3. The number of aliphatic carboxylic acids is 2. The number of benzene rings is 2. The first-order valence-corrected chi connectivity index (χ1v) is 41.7. The van der Waals surface area contributed by atoms with E-state index in [1.54, 1.807) is 76.4 Å². The van der Waals surface area contributed by atoms with Crippen LogP contribution in [0.4, 0.5) is 0 Å². The fourth-order valence-electron chi connectivity index (χ4n) is 13.1. The SMILES string of the molecule is CC(=O)N[C@H]1CSCc2cc3cc(c2)CSC[C@H](NC(=O)[C@H](CCCCNC(=N)N)NC(=O)[C@H](C)NC(=O)C2CCN2C(=O)[C@H](Cc2c[nH]c4ccccc24)NC(=O)[C@H](CO)NC1=O)C(=O)N[C@@H](CC(C)C)C(=O)N[C@@H](Cc1cnc[nH]1)C(=O)N[C@@H](CCC(N)=O)C(=O)N[C@@H](CC(=O)O)C(=O)N[C@@H](CC(C)C)C(=O)N[C@H](C(=O)O)CSC3. The maximum Gasteiger partial charge on any atom is 0.327 e. The molecule has 14 amide bonds. The Morgan fingerprint density at radius 1 is 0.598 bits per heavy atom. The van der Waals surface area contributed by atoms with Gasteiger partial charge in [0.25, 0.3) is 0 Å². The monoisotopic (exact) mass is 1690 g/mol. The molecular formula is C75H106N20O19S3. The maximum absolute atomic E-state index is 15.4. The van der Waals surface area contributed by atoms with Crippen LogP contribution in [0.1, 0.15) is 127 Å². The number of rotatable bonds is 21. The highest BCUT2D eigenvalue weighted by molar-refractivity contribution is 7.99. The fraction of sp³-hybridized carbons (Fsp3) is 0.547. The minimum Gasteiger partial charge on any atom is -0.481 e. The number of aromatic nitrogens is 3. The van der Waals surface area contributed by atoms with Gasteiger partial charge in [0.1, 0.15) is 78.5 Å². The van der Waals surface area contributed by atoms with Crippen LogP contribution >= 0.6 is 35.3 Å². The summed E-state index contributed by atoms with van der Waals surface area (Å²) in [6.07, 6.45) is 1.66. The van der Waals surface area contributed by atoms with Gasteiger partial charge in [-0.1, -0.05) is 64.1 Å². The highest BCUT2D eigenvalue weighted by Gasteiger charge is 2.44. The Morgan fingerprint density at radius 2 is 1.14 bits per heavy atom. The molecule has 4 aromatic rings. The van der Waals surface area contributed by atoms with Crippen LogP contribution in [0.15, 0.2) is 61.2 Å². The fourth-order valence-corrected chi connectivity index (χ4v) is 16.0. The van der Waals surface area contributed by atoms with E-state index >= 15 is 14.4 Å². The lowest BCUT2D eigenvalue weighted by atomic mass is 9.97. The topological polar surface area (TPSA) is 614 Å². The van der Waals surface area contributed by atoms with Crippen molar-refractivity contribution in [1.82, 2.24) is 89.0 Å². The number of nitrogens with two attached hydrogens (primary N) is 2. The molecule has 0 aliphatic carbocycles. The maximum atomic E-state index is 15.4. The van der Waals surface area contributed by atoms with E-state index in [2.05, 4.69) is 84.1 Å². The van der Waals surface area contributed by atoms with E-state index in [0.29, 0.717) is 33.2 Å². The van der Waals surface area contributed by atoms with Gasteiger partial charge in [0, 0.05) is 103 Å². The number of para-hydroxylation sites is 1. The second kappa shape index (κ2) is 45.5. The summed E-state index contributed by atoms with van der Waals surface area (Å²) < 4.78 is 0. The second-order valence-corrected chi connectivity index (χ2v) is 32.8. The van der Waals surface area contributed by atoms with Crippen molar-refractivity contribution >= 4 is 147 Å². The first kappa shape index (κ1) is 93.2. The summed E-state index contributed by atoms with van der Waals surface area (Å²) in [5.41, 5.74) is 14.3. The normalized spacial score (nSPS) is 24.9. The van der Waals surface area contributed by atoms with Crippen LogP contribution in [-0.4, -0.2) is 251 Å². The number of carboxylic acids is 2. The summed E-state index contributed by atoms with van der Waals surface area (Å²) in [4.78, 5) is 238. The highest BCUT2D eigenvalue weighted by atomic mass is 32.2. The predicted molar refractivity (Wildman–Crippen MR) is 432 cm³/mol. The lowest BCUT2D eigenvalue weighted by Gasteiger charge is -2.42. The molecule has 13 atom stereocenters. The smallest absolute Gasteiger partial charge is 0.327 e. The van der Waals surface area contributed by atoms with Crippen molar-refractivity contribution in [3.63, 3.8) is 0 Å². The number of aromatic amines is 2. The quantitative estimate of drug-likeness (QED) is 0.0226. The molecule has 23 N–H and O–H groups in total. The summed E-state index contributed by atoms with van der Waals surface area (Å²) >= 11 is 3.33. The number of aliphatic hydroxyl groups is 1. The molecule has 4 bridgehead atoms. The molecule has 638 valence electrons. The number of aliphatic hydroxyl groups excluding tert-OH is 1. The van der Waals surface area contributed by atoms with E-state index in [9.17, 15) is 77.6 Å². The molecule has 0 spiro atoms. The standard InChI is InChI=1S/C75H106N20O19S3/c1-37(2)19-50-65(104)89-52(25-45-28-79-36-82-45)67(106)86-49(14-15-60(76)98)64(103)90-53(26-61(99)100)68(107)87-51(20-38(3)4)66(105)94-58(74(113)114)35-117-32-43-22-41-21-42(23-43)31-116-34-57(71(110)88-50)93-63(102)48(13-9-10-17-80-75(77)78)85-62(101)39(5)83-72(111)59-16-18-95(59)73(112)54(24-44-27-81-47-12-8-7-11-46(44)47)91-69(108)55(29-96)92-70(109)56(33-115-30-41)84-40(6)97/h7-8,11-12,21-23,27-28,36-39,48-59,81,96H,9-10,13-20,24-26,29-35H2,1-6H3,(H2,76,98)(H,79,82)(H,83,111)(H,84,97)(H,85,101)(H,86,106)(H,87,107)(H,88,110)(H,89,104)(H,90,103)(H,91,108)(H,92,109)(H,93,102)(H,94,105)(H,99,100)(H,113,114)(H4,77,78,80)/t39-,48-,49-,50-,51-,52-,53-,54-,55-,56-,57-,58-,59?/m0/s1. The number of primary amides is 1. The van der Waals surface area contributed by atoms with Gasteiger partial charge >= 0.3 is 11.9 Å². The van der Waals surface area contributed by atoms with Crippen molar-refractivity contribution in [1.29, 1.82) is 5.41 Å². The van der Waals surface area contributed by atoms with Crippen molar-refractivity contribution in [2.45, 2.75) is 208 Å². The van der Waals surface area contributed by atoms with Crippen LogP contribution in [0.3, 0.4) is 0 Å². The number of carbonyl (C=O) groups excluding carboxylic acids is 14. The summed E-state index contributed by atoms with van der Waals surface area (Å²) in [5.74, 6) is -18.1. The molecule has 3 aliphatic rings. The van der Waals surface area contributed by atoms with Crippen LogP contribution in [0.2, 0.25) is 0 Å². The molecule has 42 heteroatoms. The largest absolute Gasteiger partial charge is 0.481 e. The summed E-state index contributed by atoms with van der Waals surface area (Å²) in [6.45, 7) is 8.50. The highest BCUT2D eigenvalue weighted by Crippen LogP contribution is 2.27. The van der Waals surface area contributed by atoms with E-state index in [4.69, 9.17) is 16.9 Å². The van der Waals surface area contributed by atoms with Crippen LogP contribution in [0.5, 0.6) is 0 Å². The van der Waals surface area contributed by atoms with Crippen molar-refractivity contribution in [3.8, 4) is 0 Å². The number of hydrogen-bond acceptors (Lipinski definition) is 22. The lowest BCUT2D eigenvalue weighted by Crippen LogP contribution is -2.65. The number of nitrogens with one attached hydrogen (secondary N) is 16. The number of carbonyl (C=O) groups is 16. The number of unbranched alkanes of at least 4 members (excludes halogenated alkanes) is 1. The molecule has 117 heavy (non-hydrogen) atoms. The zero-order valence-electron chi connectivity index (χ0n) is 65.7. The third kappa shape index (κ3) is 29.6. The summed E-state index contributed by atoms with van der Waals surface area (Å²) in [7, 11) is 0. The van der Waals surface area contributed by atoms with Gasteiger partial charge in [-0.3, -0.25) is 77.3 Å². The number of nitrogens with zero attached hydrogens (tertiary/aromatic N) is 2. The minimum absolute atomic E-state index is 0.0124. The van der Waals surface area contributed by atoms with Crippen molar-refractivity contribution in [2.75, 3.05) is 37.0 Å². The molecule has 0 radical (unpaired) electrons. The number of amides is 14. The molecule has 2 aromatic heterocycles. The number of guanidine groups is 1.